The van der Waals surface area contributed by atoms with Crippen LogP contribution in [0.3, 0.4) is 0 Å². The Labute approximate surface area is 88.7 Å². The summed E-state index contributed by atoms with van der Waals surface area (Å²) in [5.41, 5.74) is 6.34. The van der Waals surface area contributed by atoms with Gasteiger partial charge in [-0.2, -0.15) is 0 Å². The molecule has 0 saturated heterocycles. The number of hydrogen-bond donors (Lipinski definition) is 1. The molecule has 0 radical (unpaired) electrons. The van der Waals surface area contributed by atoms with Crippen LogP contribution in [0.15, 0.2) is 28.4 Å². The number of methoxy groups -OCH3 is 1. The van der Waals surface area contributed by atoms with Crippen molar-refractivity contribution in [3.05, 3.63) is 29.7 Å². The zero-order chi connectivity index (χ0) is 11.3. The molecule has 0 aromatic carbocycles. The van der Waals surface area contributed by atoms with Gasteiger partial charge in [0.15, 0.2) is 0 Å². The van der Waals surface area contributed by atoms with E-state index >= 15 is 0 Å². The van der Waals surface area contributed by atoms with Gasteiger partial charge < -0.3 is 14.9 Å². The van der Waals surface area contributed by atoms with Crippen molar-refractivity contribution in [2.24, 2.45) is 11.7 Å². The Balaban J connectivity index is 2.81. The maximum Gasteiger partial charge on any atom is 0.314 e. The predicted octanol–water partition coefficient (Wildman–Crippen LogP) is 1.43. The van der Waals surface area contributed by atoms with Crippen LogP contribution in [0.1, 0.15) is 12.7 Å². The topological polar surface area (TPSA) is 65.5 Å². The van der Waals surface area contributed by atoms with E-state index in [2.05, 4.69) is 4.74 Å². The molecule has 4 heteroatoms. The zero-order valence-corrected chi connectivity index (χ0v) is 8.90. The SMILES string of the molecule is COC(=O)C(CN)/C(C)=C/c1ccco1. The molecule has 0 aliphatic heterocycles. The van der Waals surface area contributed by atoms with Gasteiger partial charge in [0.1, 0.15) is 5.76 Å². The van der Waals surface area contributed by atoms with Gasteiger partial charge >= 0.3 is 5.97 Å². The average molecular weight is 209 g/mol. The molecule has 2 N–H and O–H groups in total. The minimum absolute atomic E-state index is 0.232. The third-order valence-electron chi connectivity index (χ3n) is 2.18. The van der Waals surface area contributed by atoms with Gasteiger partial charge in [-0.05, 0) is 25.1 Å². The number of furan rings is 1. The number of nitrogens with two attached hydrogens (primary N) is 1. The van der Waals surface area contributed by atoms with Crippen molar-refractivity contribution in [1.82, 2.24) is 0 Å². The van der Waals surface area contributed by atoms with Crippen LogP contribution in [-0.2, 0) is 9.53 Å². The Morgan fingerprint density at radius 1 is 1.73 bits per heavy atom. The standard InChI is InChI=1S/C11H15NO3/c1-8(6-9-4-3-5-15-9)10(7-12)11(13)14-2/h3-6,10H,7,12H2,1-2H3/b8-6+. The van der Waals surface area contributed by atoms with Gasteiger partial charge in [-0.1, -0.05) is 5.57 Å². The molecule has 1 aromatic rings. The average Bonchev–Trinajstić information content (AvgIpc) is 2.71. The largest absolute Gasteiger partial charge is 0.469 e. The molecule has 0 aliphatic carbocycles. The summed E-state index contributed by atoms with van der Waals surface area (Å²) in [7, 11) is 1.35. The Bertz CT molecular complexity index is 341. The normalized spacial score (nSPS) is 13.7. The highest BCUT2D eigenvalue weighted by Gasteiger charge is 2.19. The Morgan fingerprint density at radius 3 is 2.93 bits per heavy atom. The highest BCUT2D eigenvalue weighted by Crippen LogP contribution is 2.15. The second-order valence-electron chi connectivity index (χ2n) is 3.22. The summed E-state index contributed by atoms with van der Waals surface area (Å²) in [4.78, 5) is 11.3. The summed E-state index contributed by atoms with van der Waals surface area (Å²) in [6.07, 6.45) is 3.36. The molecule has 15 heavy (non-hydrogen) atoms. The lowest BCUT2D eigenvalue weighted by molar-refractivity contribution is -0.143. The van der Waals surface area contributed by atoms with Crippen molar-refractivity contribution in [3.8, 4) is 0 Å². The first-order valence-electron chi connectivity index (χ1n) is 4.68. The summed E-state index contributed by atoms with van der Waals surface area (Å²) in [5, 5.41) is 0. The molecule has 1 unspecified atom stereocenters. The van der Waals surface area contributed by atoms with E-state index in [-0.39, 0.29) is 12.5 Å². The van der Waals surface area contributed by atoms with Gasteiger partial charge in [-0.25, -0.2) is 0 Å². The lowest BCUT2D eigenvalue weighted by atomic mass is 10.00. The van der Waals surface area contributed by atoms with Crippen LogP contribution in [0.25, 0.3) is 6.08 Å². The fraction of sp³-hybridized carbons (Fsp3) is 0.364. The Kier molecular flexibility index (Phi) is 4.12. The molecular weight excluding hydrogens is 194 g/mol. The third kappa shape index (κ3) is 2.95. The summed E-state index contributed by atoms with van der Waals surface area (Å²) >= 11 is 0. The molecule has 0 amide bonds. The minimum atomic E-state index is -0.403. The first-order chi connectivity index (χ1) is 7.19. The molecule has 0 spiro atoms. The number of ether oxygens (including phenoxy) is 1. The number of carbonyl (C=O) groups excluding carboxylic acids is 1. The van der Waals surface area contributed by atoms with Gasteiger partial charge in [-0.3, -0.25) is 4.79 Å². The van der Waals surface area contributed by atoms with Gasteiger partial charge in [-0.15, -0.1) is 0 Å². The van der Waals surface area contributed by atoms with Crippen molar-refractivity contribution >= 4 is 12.0 Å². The molecule has 0 bridgehead atoms. The van der Waals surface area contributed by atoms with Crippen LogP contribution in [-0.4, -0.2) is 19.6 Å². The monoisotopic (exact) mass is 209 g/mol. The quantitative estimate of drug-likeness (QED) is 0.762. The van der Waals surface area contributed by atoms with Crippen LogP contribution in [0.5, 0.6) is 0 Å². The number of esters is 1. The molecule has 0 fully saturated rings. The molecule has 1 atom stereocenters. The number of rotatable bonds is 4. The highest BCUT2D eigenvalue weighted by molar-refractivity contribution is 5.77. The molecule has 0 saturated carbocycles. The lowest BCUT2D eigenvalue weighted by Gasteiger charge is -2.12. The predicted molar refractivity (Wildman–Crippen MR) is 56.9 cm³/mol. The molecule has 0 aliphatic rings. The lowest BCUT2D eigenvalue weighted by Crippen LogP contribution is -2.25. The highest BCUT2D eigenvalue weighted by atomic mass is 16.5. The maximum atomic E-state index is 11.3. The van der Waals surface area contributed by atoms with E-state index in [1.807, 2.05) is 13.0 Å². The van der Waals surface area contributed by atoms with Crippen LogP contribution in [0.2, 0.25) is 0 Å². The van der Waals surface area contributed by atoms with Crippen LogP contribution >= 0.6 is 0 Å². The molecule has 82 valence electrons. The first kappa shape index (κ1) is 11.5. The van der Waals surface area contributed by atoms with Crippen molar-refractivity contribution in [2.75, 3.05) is 13.7 Å². The van der Waals surface area contributed by atoms with Crippen LogP contribution in [0.4, 0.5) is 0 Å². The van der Waals surface area contributed by atoms with Gasteiger partial charge in [0, 0.05) is 6.54 Å². The van der Waals surface area contributed by atoms with Gasteiger partial charge in [0.25, 0.3) is 0 Å². The Morgan fingerprint density at radius 2 is 2.47 bits per heavy atom. The summed E-state index contributed by atoms with van der Waals surface area (Å²) < 4.78 is 9.80. The number of carbonyl (C=O) groups is 1. The van der Waals surface area contributed by atoms with Crippen molar-refractivity contribution < 1.29 is 13.9 Å². The van der Waals surface area contributed by atoms with E-state index in [1.165, 1.54) is 7.11 Å². The van der Waals surface area contributed by atoms with Gasteiger partial charge in [0.2, 0.25) is 0 Å². The Hall–Kier alpha value is -1.55. The molecule has 1 aromatic heterocycles. The summed E-state index contributed by atoms with van der Waals surface area (Å²) in [6.45, 7) is 2.06. The third-order valence-corrected chi connectivity index (χ3v) is 2.18. The maximum absolute atomic E-state index is 11.3. The number of hydrogen-bond acceptors (Lipinski definition) is 4. The molecular formula is C11H15NO3. The van der Waals surface area contributed by atoms with Crippen molar-refractivity contribution in [2.45, 2.75) is 6.92 Å². The molecule has 1 rings (SSSR count). The van der Waals surface area contributed by atoms with Crippen LogP contribution in [0, 0.1) is 5.92 Å². The zero-order valence-electron chi connectivity index (χ0n) is 8.90. The molecule has 1 heterocycles. The van der Waals surface area contributed by atoms with E-state index in [0.29, 0.717) is 5.76 Å². The van der Waals surface area contributed by atoms with E-state index in [0.717, 1.165) is 5.57 Å². The van der Waals surface area contributed by atoms with Crippen molar-refractivity contribution in [1.29, 1.82) is 0 Å². The minimum Gasteiger partial charge on any atom is -0.469 e. The summed E-state index contributed by atoms with van der Waals surface area (Å²) in [5.74, 6) is -0.0206. The van der Waals surface area contributed by atoms with E-state index in [9.17, 15) is 4.79 Å². The second-order valence-corrected chi connectivity index (χ2v) is 3.22. The van der Waals surface area contributed by atoms with Crippen molar-refractivity contribution in [3.63, 3.8) is 0 Å². The fourth-order valence-electron chi connectivity index (χ4n) is 1.31. The van der Waals surface area contributed by atoms with Gasteiger partial charge in [0.05, 0.1) is 19.3 Å². The van der Waals surface area contributed by atoms with E-state index in [4.69, 9.17) is 10.2 Å². The van der Waals surface area contributed by atoms with Crippen LogP contribution < -0.4 is 5.73 Å². The molecule has 4 nitrogen and oxygen atoms in total. The first-order valence-corrected chi connectivity index (χ1v) is 4.68. The fourth-order valence-corrected chi connectivity index (χ4v) is 1.31. The van der Waals surface area contributed by atoms with E-state index < -0.39 is 5.92 Å². The second kappa shape index (κ2) is 5.36. The smallest absolute Gasteiger partial charge is 0.314 e. The summed E-state index contributed by atoms with van der Waals surface area (Å²) in [6, 6.07) is 3.60. The van der Waals surface area contributed by atoms with E-state index in [1.54, 1.807) is 18.4 Å².